The van der Waals surface area contributed by atoms with Gasteiger partial charge >= 0.3 is 0 Å². The zero-order valence-corrected chi connectivity index (χ0v) is 13.5. The van der Waals surface area contributed by atoms with E-state index < -0.39 is 0 Å². The summed E-state index contributed by atoms with van der Waals surface area (Å²) in [6.07, 6.45) is 1.89. The Kier molecular flexibility index (Phi) is 4.21. The molecule has 0 bridgehead atoms. The second-order valence-corrected chi connectivity index (χ2v) is 6.87. The third-order valence-corrected chi connectivity index (χ3v) is 4.36. The van der Waals surface area contributed by atoms with Gasteiger partial charge in [0.05, 0.1) is 0 Å². The van der Waals surface area contributed by atoms with Crippen LogP contribution in [0.15, 0.2) is 12.3 Å². The first kappa shape index (κ1) is 15.1. The molecule has 2 atom stereocenters. The Morgan fingerprint density at radius 1 is 1.20 bits per heavy atom. The topological polar surface area (TPSA) is 38.1 Å². The predicted octanol–water partition coefficient (Wildman–Crippen LogP) is 3.22. The number of nitrogens with zero attached hydrogens (tertiary/aromatic N) is 3. The minimum Gasteiger partial charge on any atom is -0.333 e. The van der Waals surface area contributed by atoms with E-state index in [2.05, 4.69) is 46.6 Å². The first-order chi connectivity index (χ1) is 9.32. The Hall–Kier alpha value is -1.32. The quantitative estimate of drug-likeness (QED) is 0.847. The second-order valence-electron chi connectivity index (χ2n) is 6.87. The van der Waals surface area contributed by atoms with Gasteiger partial charge in [-0.05, 0) is 37.7 Å². The summed E-state index contributed by atoms with van der Waals surface area (Å²) < 4.78 is 1.84. The number of carbonyl (C=O) groups is 1. The fourth-order valence-corrected chi connectivity index (χ4v) is 3.11. The van der Waals surface area contributed by atoms with E-state index in [1.54, 1.807) is 0 Å². The lowest BCUT2D eigenvalue weighted by Gasteiger charge is -2.52. The lowest BCUT2D eigenvalue weighted by atomic mass is 9.74. The van der Waals surface area contributed by atoms with Crippen LogP contribution in [-0.4, -0.2) is 33.2 Å². The minimum atomic E-state index is 0.0833. The van der Waals surface area contributed by atoms with Gasteiger partial charge in [0.15, 0.2) is 0 Å². The van der Waals surface area contributed by atoms with Gasteiger partial charge < -0.3 is 4.90 Å². The lowest BCUT2D eigenvalue weighted by molar-refractivity contribution is -0.0218. The third-order valence-electron chi connectivity index (χ3n) is 4.36. The maximum atomic E-state index is 12.6. The SMILES string of the molecule is CC(C)[C@H]1CN(C(=O)c2ccn(C(C)C)n2)[C@H]1C(C)C. The van der Waals surface area contributed by atoms with Crippen molar-refractivity contribution in [3.05, 3.63) is 18.0 Å². The molecule has 0 N–H and O–H groups in total. The number of carbonyl (C=O) groups excluding carboxylic acids is 1. The number of hydrogen-bond donors (Lipinski definition) is 0. The molecular weight excluding hydrogens is 250 g/mol. The van der Waals surface area contributed by atoms with E-state index >= 15 is 0 Å². The van der Waals surface area contributed by atoms with Gasteiger partial charge in [0.1, 0.15) is 5.69 Å². The molecule has 1 aliphatic rings. The first-order valence-corrected chi connectivity index (χ1v) is 7.69. The Morgan fingerprint density at radius 3 is 2.30 bits per heavy atom. The lowest BCUT2D eigenvalue weighted by Crippen LogP contribution is -2.62. The summed E-state index contributed by atoms with van der Waals surface area (Å²) in [4.78, 5) is 14.6. The minimum absolute atomic E-state index is 0.0833. The summed E-state index contributed by atoms with van der Waals surface area (Å²) in [6, 6.07) is 2.48. The van der Waals surface area contributed by atoms with Crippen LogP contribution in [0.1, 0.15) is 58.1 Å². The molecule has 0 radical (unpaired) electrons. The highest BCUT2D eigenvalue weighted by atomic mass is 16.2. The molecule has 1 aliphatic heterocycles. The number of aromatic nitrogens is 2. The molecule has 0 aliphatic carbocycles. The van der Waals surface area contributed by atoms with Gasteiger partial charge in [-0.3, -0.25) is 9.48 Å². The highest BCUT2D eigenvalue weighted by Gasteiger charge is 2.45. The molecule has 1 aromatic heterocycles. The molecule has 0 saturated carbocycles. The molecule has 112 valence electrons. The number of likely N-dealkylation sites (tertiary alicyclic amines) is 1. The third kappa shape index (κ3) is 2.60. The average molecular weight is 277 g/mol. The van der Waals surface area contributed by atoms with Crippen molar-refractivity contribution in [1.29, 1.82) is 0 Å². The van der Waals surface area contributed by atoms with Crippen molar-refractivity contribution >= 4 is 5.91 Å². The zero-order valence-electron chi connectivity index (χ0n) is 13.5. The van der Waals surface area contributed by atoms with Crippen LogP contribution in [0.5, 0.6) is 0 Å². The second kappa shape index (κ2) is 5.58. The van der Waals surface area contributed by atoms with Gasteiger partial charge in [0, 0.05) is 24.8 Å². The summed E-state index contributed by atoms with van der Waals surface area (Å²) >= 11 is 0. The molecule has 4 heteroatoms. The van der Waals surface area contributed by atoms with Crippen LogP contribution in [-0.2, 0) is 0 Å². The van der Waals surface area contributed by atoms with Gasteiger partial charge in [-0.2, -0.15) is 5.10 Å². The van der Waals surface area contributed by atoms with Gasteiger partial charge in [-0.1, -0.05) is 27.7 Å². The van der Waals surface area contributed by atoms with Crippen LogP contribution < -0.4 is 0 Å². The molecule has 0 spiro atoms. The van der Waals surface area contributed by atoms with Crippen molar-refractivity contribution in [3.8, 4) is 0 Å². The van der Waals surface area contributed by atoms with E-state index in [1.165, 1.54) is 0 Å². The largest absolute Gasteiger partial charge is 0.333 e. The standard InChI is InChI=1S/C16H27N3O/c1-10(2)13-9-18(15(13)11(3)4)16(20)14-7-8-19(17-14)12(5)6/h7-8,10-13,15H,9H2,1-6H3/t13-,15+/m1/s1. The highest BCUT2D eigenvalue weighted by Crippen LogP contribution is 2.36. The highest BCUT2D eigenvalue weighted by molar-refractivity contribution is 5.93. The van der Waals surface area contributed by atoms with Crippen LogP contribution >= 0.6 is 0 Å². The van der Waals surface area contributed by atoms with Crippen molar-refractivity contribution in [3.63, 3.8) is 0 Å². The van der Waals surface area contributed by atoms with Crippen molar-refractivity contribution in [1.82, 2.24) is 14.7 Å². The van der Waals surface area contributed by atoms with E-state index in [9.17, 15) is 4.79 Å². The Morgan fingerprint density at radius 2 is 1.85 bits per heavy atom. The van der Waals surface area contributed by atoms with Crippen LogP contribution in [0.25, 0.3) is 0 Å². The molecule has 2 heterocycles. The molecule has 1 amide bonds. The van der Waals surface area contributed by atoms with E-state index in [-0.39, 0.29) is 11.9 Å². The van der Waals surface area contributed by atoms with Crippen LogP contribution in [0, 0.1) is 17.8 Å². The van der Waals surface area contributed by atoms with Crippen molar-refractivity contribution in [2.75, 3.05) is 6.54 Å². The predicted molar refractivity (Wildman–Crippen MR) is 80.6 cm³/mol. The number of amides is 1. The summed E-state index contributed by atoms with van der Waals surface area (Å²) in [5, 5.41) is 4.40. The Balaban J connectivity index is 2.13. The summed E-state index contributed by atoms with van der Waals surface area (Å²) in [5.74, 6) is 1.82. The molecular formula is C16H27N3O. The Bertz CT molecular complexity index is 476. The molecule has 2 rings (SSSR count). The summed E-state index contributed by atoms with van der Waals surface area (Å²) in [7, 11) is 0. The normalized spacial score (nSPS) is 22.8. The molecule has 1 fully saturated rings. The van der Waals surface area contributed by atoms with Crippen LogP contribution in [0.2, 0.25) is 0 Å². The number of hydrogen-bond acceptors (Lipinski definition) is 2. The van der Waals surface area contributed by atoms with Gasteiger partial charge in [0.2, 0.25) is 0 Å². The fourth-order valence-electron chi connectivity index (χ4n) is 3.11. The van der Waals surface area contributed by atoms with Crippen molar-refractivity contribution in [2.24, 2.45) is 17.8 Å². The van der Waals surface area contributed by atoms with Crippen LogP contribution in [0.3, 0.4) is 0 Å². The molecule has 0 aromatic carbocycles. The van der Waals surface area contributed by atoms with Gasteiger partial charge in [-0.15, -0.1) is 0 Å². The van der Waals surface area contributed by atoms with Crippen molar-refractivity contribution < 1.29 is 4.79 Å². The van der Waals surface area contributed by atoms with E-state index in [4.69, 9.17) is 0 Å². The van der Waals surface area contributed by atoms with Crippen LogP contribution in [0.4, 0.5) is 0 Å². The fraction of sp³-hybridized carbons (Fsp3) is 0.750. The molecule has 0 unspecified atom stereocenters. The summed E-state index contributed by atoms with van der Waals surface area (Å²) in [6.45, 7) is 13.9. The van der Waals surface area contributed by atoms with Gasteiger partial charge in [-0.25, -0.2) is 0 Å². The monoisotopic (exact) mass is 277 g/mol. The smallest absolute Gasteiger partial charge is 0.274 e. The van der Waals surface area contributed by atoms with Gasteiger partial charge in [0.25, 0.3) is 5.91 Å². The first-order valence-electron chi connectivity index (χ1n) is 7.69. The van der Waals surface area contributed by atoms with E-state index in [0.717, 1.165) is 6.54 Å². The maximum Gasteiger partial charge on any atom is 0.274 e. The molecule has 20 heavy (non-hydrogen) atoms. The summed E-state index contributed by atoms with van der Waals surface area (Å²) in [5.41, 5.74) is 0.576. The van der Waals surface area contributed by atoms with E-state index in [0.29, 0.717) is 29.5 Å². The number of rotatable bonds is 4. The van der Waals surface area contributed by atoms with Crippen molar-refractivity contribution in [2.45, 2.75) is 53.6 Å². The molecule has 1 aromatic rings. The maximum absolute atomic E-state index is 12.6. The zero-order chi connectivity index (χ0) is 15.0. The average Bonchev–Trinajstić information content (AvgIpc) is 2.74. The molecule has 4 nitrogen and oxygen atoms in total. The Labute approximate surface area is 122 Å². The molecule has 1 saturated heterocycles. The van der Waals surface area contributed by atoms with E-state index in [1.807, 2.05) is 21.8 Å².